The van der Waals surface area contributed by atoms with Gasteiger partial charge in [0.25, 0.3) is 0 Å². The van der Waals surface area contributed by atoms with E-state index in [4.69, 9.17) is 16.3 Å². The van der Waals surface area contributed by atoms with Crippen LogP contribution >= 0.6 is 11.6 Å². The molecule has 0 fully saturated rings. The third kappa shape index (κ3) is 3.13. The maximum Gasteiger partial charge on any atom is 0.239 e. The van der Waals surface area contributed by atoms with Crippen molar-refractivity contribution in [2.45, 2.75) is 6.92 Å². The molecule has 0 atom stereocenters. The molecule has 0 saturated heterocycles. The minimum atomic E-state index is -0.131. The number of carbonyl (C=O) groups is 1. The number of halogens is 1. The molecule has 0 spiro atoms. The molecule has 3 rings (SSSR count). The zero-order valence-corrected chi connectivity index (χ0v) is 14.2. The molecule has 24 heavy (non-hydrogen) atoms. The number of aromatic nitrogens is 3. The number of para-hydroxylation sites is 1. The molecule has 2 heterocycles. The third-order valence-electron chi connectivity index (χ3n) is 3.61. The van der Waals surface area contributed by atoms with Crippen molar-refractivity contribution in [2.24, 2.45) is 0 Å². The van der Waals surface area contributed by atoms with Gasteiger partial charge in [0.1, 0.15) is 10.8 Å². The number of nitrogens with zero attached hydrogens (tertiary/aromatic N) is 3. The molecular formula is C16H18ClN5O2. The first-order valence-corrected chi connectivity index (χ1v) is 7.92. The highest BCUT2D eigenvalue weighted by atomic mass is 35.5. The molecule has 0 unspecified atom stereocenters. The number of methoxy groups -OCH3 is 1. The van der Waals surface area contributed by atoms with Gasteiger partial charge in [0.15, 0.2) is 5.65 Å². The van der Waals surface area contributed by atoms with Crippen LogP contribution < -0.4 is 10.6 Å². The molecule has 3 aromatic rings. The number of amides is 1. The van der Waals surface area contributed by atoms with Crippen LogP contribution in [-0.4, -0.2) is 47.3 Å². The molecule has 2 N–H and O–H groups in total. The summed E-state index contributed by atoms with van der Waals surface area (Å²) in [6.45, 7) is 2.89. The summed E-state index contributed by atoms with van der Waals surface area (Å²) in [6.07, 6.45) is 0. The van der Waals surface area contributed by atoms with E-state index < -0.39 is 0 Å². The van der Waals surface area contributed by atoms with Crippen LogP contribution in [0.3, 0.4) is 0 Å². The first kappa shape index (κ1) is 16.5. The van der Waals surface area contributed by atoms with Gasteiger partial charge < -0.3 is 15.4 Å². The topological polar surface area (TPSA) is 80.5 Å². The Hall–Kier alpha value is -2.38. The lowest BCUT2D eigenvalue weighted by molar-refractivity contribution is -0.119. The largest absolute Gasteiger partial charge is 0.383 e. The van der Waals surface area contributed by atoms with Crippen LogP contribution in [0.4, 0.5) is 5.82 Å². The van der Waals surface area contributed by atoms with Gasteiger partial charge in [0.05, 0.1) is 24.4 Å². The number of hydrogen-bond acceptors (Lipinski definition) is 5. The Balaban J connectivity index is 1.91. The SMILES string of the molecule is COCCNC(=O)CNc1nc2c(Cl)c(C)nn2c2ccccc12. The van der Waals surface area contributed by atoms with Crippen LogP contribution in [0.2, 0.25) is 5.02 Å². The number of anilines is 1. The molecule has 2 aromatic heterocycles. The fraction of sp³-hybridized carbons (Fsp3) is 0.312. The fourth-order valence-corrected chi connectivity index (χ4v) is 2.60. The first-order valence-electron chi connectivity index (χ1n) is 7.55. The fourth-order valence-electron chi connectivity index (χ4n) is 2.44. The van der Waals surface area contributed by atoms with Crippen molar-refractivity contribution in [3.05, 3.63) is 35.0 Å². The Morgan fingerprint density at radius 1 is 1.38 bits per heavy atom. The molecular weight excluding hydrogens is 330 g/mol. The van der Waals surface area contributed by atoms with E-state index in [0.29, 0.717) is 35.3 Å². The Bertz CT molecular complexity index is 893. The second-order valence-electron chi connectivity index (χ2n) is 5.31. The lowest BCUT2D eigenvalue weighted by atomic mass is 10.2. The molecule has 0 bridgehead atoms. The van der Waals surface area contributed by atoms with Crippen LogP contribution in [0, 0.1) is 6.92 Å². The zero-order valence-electron chi connectivity index (χ0n) is 13.5. The van der Waals surface area contributed by atoms with Crippen molar-refractivity contribution >= 4 is 39.9 Å². The second-order valence-corrected chi connectivity index (χ2v) is 5.69. The van der Waals surface area contributed by atoms with Crippen molar-refractivity contribution in [3.8, 4) is 0 Å². The lowest BCUT2D eigenvalue weighted by Crippen LogP contribution is -2.32. The van der Waals surface area contributed by atoms with Gasteiger partial charge >= 0.3 is 0 Å². The van der Waals surface area contributed by atoms with Gasteiger partial charge in [-0.3, -0.25) is 4.79 Å². The number of ether oxygens (including phenoxy) is 1. The predicted molar refractivity (Wildman–Crippen MR) is 93.6 cm³/mol. The Labute approximate surface area is 144 Å². The zero-order chi connectivity index (χ0) is 17.1. The van der Waals surface area contributed by atoms with Crippen molar-refractivity contribution in [1.82, 2.24) is 19.9 Å². The summed E-state index contributed by atoms with van der Waals surface area (Å²) in [5.41, 5.74) is 2.15. The Morgan fingerprint density at radius 3 is 2.96 bits per heavy atom. The number of carbonyl (C=O) groups excluding carboxylic acids is 1. The van der Waals surface area contributed by atoms with Gasteiger partial charge in [-0.15, -0.1) is 0 Å². The summed E-state index contributed by atoms with van der Waals surface area (Å²) < 4.78 is 6.62. The summed E-state index contributed by atoms with van der Waals surface area (Å²) in [5.74, 6) is 0.468. The number of benzene rings is 1. The van der Waals surface area contributed by atoms with E-state index in [0.717, 1.165) is 10.9 Å². The lowest BCUT2D eigenvalue weighted by Gasteiger charge is -2.10. The van der Waals surface area contributed by atoms with Crippen LogP contribution in [0.25, 0.3) is 16.6 Å². The van der Waals surface area contributed by atoms with E-state index in [1.54, 1.807) is 11.6 Å². The van der Waals surface area contributed by atoms with Crippen molar-refractivity contribution in [2.75, 3.05) is 32.1 Å². The summed E-state index contributed by atoms with van der Waals surface area (Å²) in [4.78, 5) is 16.4. The molecule has 7 nitrogen and oxygen atoms in total. The molecule has 0 saturated carbocycles. The van der Waals surface area contributed by atoms with Crippen LogP contribution in [0.15, 0.2) is 24.3 Å². The minimum absolute atomic E-state index is 0.113. The molecule has 8 heteroatoms. The highest BCUT2D eigenvalue weighted by Gasteiger charge is 2.14. The van der Waals surface area contributed by atoms with Crippen molar-refractivity contribution < 1.29 is 9.53 Å². The van der Waals surface area contributed by atoms with E-state index in [1.807, 2.05) is 31.2 Å². The highest BCUT2D eigenvalue weighted by molar-refractivity contribution is 6.34. The molecule has 126 valence electrons. The van der Waals surface area contributed by atoms with E-state index in [9.17, 15) is 4.79 Å². The maximum atomic E-state index is 11.9. The molecule has 0 aliphatic rings. The number of fused-ring (bicyclic) bond motifs is 3. The summed E-state index contributed by atoms with van der Waals surface area (Å²) in [5, 5.41) is 11.6. The molecule has 0 aliphatic heterocycles. The highest BCUT2D eigenvalue weighted by Crippen LogP contribution is 2.27. The summed E-state index contributed by atoms with van der Waals surface area (Å²) >= 11 is 6.29. The van der Waals surface area contributed by atoms with E-state index in [-0.39, 0.29) is 12.5 Å². The van der Waals surface area contributed by atoms with Crippen LogP contribution in [0.1, 0.15) is 5.69 Å². The summed E-state index contributed by atoms with van der Waals surface area (Å²) in [6, 6.07) is 7.71. The van der Waals surface area contributed by atoms with Gasteiger partial charge in [-0.05, 0) is 19.1 Å². The molecule has 1 amide bonds. The number of aryl methyl sites for hydroxylation is 1. The molecule has 0 aliphatic carbocycles. The summed E-state index contributed by atoms with van der Waals surface area (Å²) in [7, 11) is 1.59. The standard InChI is InChI=1S/C16H18ClN5O2/c1-10-14(17)16-20-15(19-9-13(23)18-7-8-24-2)11-5-3-4-6-12(11)22(16)21-10/h3-6H,7-9H2,1-2H3,(H,18,23)(H,19,20). The van der Waals surface area contributed by atoms with Crippen LogP contribution in [-0.2, 0) is 9.53 Å². The van der Waals surface area contributed by atoms with Gasteiger partial charge in [-0.1, -0.05) is 23.7 Å². The normalized spacial score (nSPS) is 11.1. The van der Waals surface area contributed by atoms with Gasteiger partial charge in [0.2, 0.25) is 5.91 Å². The molecule has 0 radical (unpaired) electrons. The molecule has 1 aromatic carbocycles. The van der Waals surface area contributed by atoms with Crippen LogP contribution in [0.5, 0.6) is 0 Å². The van der Waals surface area contributed by atoms with Gasteiger partial charge in [-0.25, -0.2) is 9.50 Å². The monoisotopic (exact) mass is 347 g/mol. The van der Waals surface area contributed by atoms with E-state index >= 15 is 0 Å². The average molecular weight is 348 g/mol. The quantitative estimate of drug-likeness (QED) is 0.667. The maximum absolute atomic E-state index is 11.9. The Morgan fingerprint density at radius 2 is 2.17 bits per heavy atom. The predicted octanol–water partition coefficient (Wildman–Crippen LogP) is 2.02. The average Bonchev–Trinajstić information content (AvgIpc) is 2.88. The minimum Gasteiger partial charge on any atom is -0.383 e. The van der Waals surface area contributed by atoms with Crippen molar-refractivity contribution in [1.29, 1.82) is 0 Å². The number of rotatable bonds is 6. The second kappa shape index (κ2) is 7.02. The van der Waals surface area contributed by atoms with Crippen molar-refractivity contribution in [3.63, 3.8) is 0 Å². The number of hydrogen-bond donors (Lipinski definition) is 2. The third-order valence-corrected chi connectivity index (χ3v) is 4.06. The van der Waals surface area contributed by atoms with E-state index in [2.05, 4.69) is 20.7 Å². The smallest absolute Gasteiger partial charge is 0.239 e. The van der Waals surface area contributed by atoms with E-state index in [1.165, 1.54) is 0 Å². The van der Waals surface area contributed by atoms with Gasteiger partial charge in [-0.2, -0.15) is 5.10 Å². The number of nitrogens with one attached hydrogen (secondary N) is 2. The van der Waals surface area contributed by atoms with Gasteiger partial charge in [0, 0.05) is 19.0 Å². The Kier molecular flexibility index (Phi) is 4.82. The first-order chi connectivity index (χ1) is 11.6.